The Hall–Kier alpha value is -1.77. The molecule has 2 heterocycles. The van der Waals surface area contributed by atoms with Crippen LogP contribution in [0.3, 0.4) is 0 Å². The van der Waals surface area contributed by atoms with Crippen LogP contribution in [-0.2, 0) is 0 Å². The van der Waals surface area contributed by atoms with Crippen molar-refractivity contribution in [1.82, 2.24) is 14.6 Å². The number of fused-ring (bicyclic) bond motifs is 4. The van der Waals surface area contributed by atoms with Gasteiger partial charge in [-0.2, -0.15) is 0 Å². The molecule has 0 saturated carbocycles. The fraction of sp³-hybridized carbons (Fsp3) is 0.308. The molecule has 2 aromatic heterocycles. The molecular formula is C13H13N3. The largest absolute Gasteiger partial charge is 0.292 e. The zero-order valence-corrected chi connectivity index (χ0v) is 8.98. The zero-order valence-electron chi connectivity index (χ0n) is 8.98. The highest BCUT2D eigenvalue weighted by Crippen LogP contribution is 2.28. The van der Waals surface area contributed by atoms with E-state index in [1.807, 2.05) is 16.9 Å². The Morgan fingerprint density at radius 1 is 1.44 bits per heavy atom. The summed E-state index contributed by atoms with van der Waals surface area (Å²) in [6.07, 6.45) is 14.4. The molecule has 0 aromatic carbocycles. The topological polar surface area (TPSA) is 33.1 Å². The van der Waals surface area contributed by atoms with Gasteiger partial charge in [0.05, 0.1) is 5.35 Å². The van der Waals surface area contributed by atoms with E-state index < -0.39 is 0 Å². The smallest absolute Gasteiger partial charge is 0.160 e. The van der Waals surface area contributed by atoms with Crippen molar-refractivity contribution >= 4 is 17.3 Å². The quantitative estimate of drug-likeness (QED) is 0.692. The molecule has 0 spiro atoms. The van der Waals surface area contributed by atoms with Crippen molar-refractivity contribution in [2.24, 2.45) is 5.92 Å². The summed E-state index contributed by atoms with van der Waals surface area (Å²) in [5.41, 5.74) is 2.52. The summed E-state index contributed by atoms with van der Waals surface area (Å²) in [7, 11) is 0. The molecule has 2 aromatic rings. The Kier molecular flexibility index (Phi) is 1.51. The summed E-state index contributed by atoms with van der Waals surface area (Å²) in [5.74, 6) is 0.709. The van der Waals surface area contributed by atoms with Crippen molar-refractivity contribution in [2.45, 2.75) is 19.3 Å². The molecule has 2 aliphatic carbocycles. The molecule has 0 fully saturated rings. The number of aromatic nitrogens is 3. The predicted octanol–water partition coefficient (Wildman–Crippen LogP) is 0.964. The van der Waals surface area contributed by atoms with Crippen LogP contribution in [0, 0.1) is 5.92 Å². The SMILES string of the molecule is C1=CC2=c3[nH]n4ccnc4c3=CCC2CC1. The molecule has 0 amide bonds. The first-order chi connectivity index (χ1) is 7.93. The van der Waals surface area contributed by atoms with E-state index in [9.17, 15) is 0 Å². The number of hydrogen-bond donors (Lipinski definition) is 1. The van der Waals surface area contributed by atoms with E-state index in [0.717, 1.165) is 12.1 Å². The Bertz CT molecular complexity index is 699. The van der Waals surface area contributed by atoms with Crippen molar-refractivity contribution < 1.29 is 0 Å². The number of rotatable bonds is 0. The van der Waals surface area contributed by atoms with Crippen LogP contribution < -0.4 is 10.6 Å². The zero-order chi connectivity index (χ0) is 10.5. The number of nitrogens with zero attached hydrogens (tertiary/aromatic N) is 2. The van der Waals surface area contributed by atoms with Gasteiger partial charge < -0.3 is 0 Å². The first kappa shape index (κ1) is 8.39. The Morgan fingerprint density at radius 3 is 3.44 bits per heavy atom. The lowest BCUT2D eigenvalue weighted by molar-refractivity contribution is 0.617. The summed E-state index contributed by atoms with van der Waals surface area (Å²) in [6.45, 7) is 0. The Balaban J connectivity index is 2.20. The van der Waals surface area contributed by atoms with Gasteiger partial charge in [-0.25, -0.2) is 9.50 Å². The Labute approximate surface area is 92.8 Å². The molecule has 2 aliphatic rings. The molecule has 4 rings (SSSR count). The summed E-state index contributed by atoms with van der Waals surface area (Å²) < 4.78 is 2.01. The number of H-pyrrole nitrogens is 1. The molecule has 1 unspecified atom stereocenters. The highest BCUT2D eigenvalue weighted by atomic mass is 15.3. The van der Waals surface area contributed by atoms with Gasteiger partial charge in [0, 0.05) is 17.6 Å². The second-order valence-corrected chi connectivity index (χ2v) is 4.59. The van der Waals surface area contributed by atoms with E-state index in [0.29, 0.717) is 5.92 Å². The number of aromatic amines is 1. The molecule has 0 aliphatic heterocycles. The molecule has 0 radical (unpaired) electrons. The van der Waals surface area contributed by atoms with Gasteiger partial charge in [-0.3, -0.25) is 5.10 Å². The molecule has 80 valence electrons. The van der Waals surface area contributed by atoms with Gasteiger partial charge in [0.25, 0.3) is 0 Å². The van der Waals surface area contributed by atoms with E-state index in [1.54, 1.807) is 0 Å². The second-order valence-electron chi connectivity index (χ2n) is 4.59. The minimum absolute atomic E-state index is 0.709. The summed E-state index contributed by atoms with van der Waals surface area (Å²) in [6, 6.07) is 0. The maximum absolute atomic E-state index is 4.39. The third kappa shape index (κ3) is 0.953. The van der Waals surface area contributed by atoms with Gasteiger partial charge in [-0.1, -0.05) is 18.2 Å². The van der Waals surface area contributed by atoms with Crippen molar-refractivity contribution in [3.05, 3.63) is 35.1 Å². The molecule has 0 saturated heterocycles. The van der Waals surface area contributed by atoms with Crippen molar-refractivity contribution in [3.63, 3.8) is 0 Å². The van der Waals surface area contributed by atoms with E-state index in [1.165, 1.54) is 29.0 Å². The van der Waals surface area contributed by atoms with Crippen molar-refractivity contribution in [2.75, 3.05) is 0 Å². The highest BCUT2D eigenvalue weighted by Gasteiger charge is 2.20. The van der Waals surface area contributed by atoms with Crippen LogP contribution in [-0.4, -0.2) is 14.6 Å². The normalized spacial score (nSPS) is 23.0. The van der Waals surface area contributed by atoms with Crippen LogP contribution in [0.15, 0.2) is 24.5 Å². The number of nitrogens with one attached hydrogen (secondary N) is 1. The maximum atomic E-state index is 4.39. The fourth-order valence-electron chi connectivity index (χ4n) is 2.89. The lowest BCUT2D eigenvalue weighted by Crippen LogP contribution is -2.32. The van der Waals surface area contributed by atoms with E-state index in [-0.39, 0.29) is 0 Å². The molecular weight excluding hydrogens is 198 g/mol. The van der Waals surface area contributed by atoms with Gasteiger partial charge in [0.1, 0.15) is 0 Å². The summed E-state index contributed by atoms with van der Waals surface area (Å²) in [5, 5.41) is 5.98. The third-order valence-corrected chi connectivity index (χ3v) is 3.70. The number of hydrogen-bond acceptors (Lipinski definition) is 1. The van der Waals surface area contributed by atoms with Crippen LogP contribution in [0.5, 0.6) is 0 Å². The van der Waals surface area contributed by atoms with Crippen molar-refractivity contribution in [3.8, 4) is 0 Å². The van der Waals surface area contributed by atoms with Gasteiger partial charge in [0.2, 0.25) is 0 Å². The summed E-state index contributed by atoms with van der Waals surface area (Å²) >= 11 is 0. The predicted molar refractivity (Wildman–Crippen MR) is 63.1 cm³/mol. The number of imidazole rings is 1. The first-order valence-corrected chi connectivity index (χ1v) is 5.85. The number of allylic oxidation sites excluding steroid dienone is 2. The van der Waals surface area contributed by atoms with Gasteiger partial charge >= 0.3 is 0 Å². The monoisotopic (exact) mass is 211 g/mol. The van der Waals surface area contributed by atoms with Gasteiger partial charge in [-0.15, -0.1) is 0 Å². The highest BCUT2D eigenvalue weighted by molar-refractivity contribution is 5.65. The standard InChI is InChI=1S/C13H13N3/c1-2-4-10-9(3-1)5-6-11-12(10)15-16-8-7-14-13(11)16/h2,4,6-9,15H,1,3,5H2. The Morgan fingerprint density at radius 2 is 2.44 bits per heavy atom. The van der Waals surface area contributed by atoms with Crippen molar-refractivity contribution in [1.29, 1.82) is 0 Å². The molecule has 1 atom stereocenters. The van der Waals surface area contributed by atoms with Crippen LogP contribution in [0.25, 0.3) is 17.3 Å². The third-order valence-electron chi connectivity index (χ3n) is 3.70. The minimum Gasteiger partial charge on any atom is -0.292 e. The molecule has 1 N–H and O–H groups in total. The van der Waals surface area contributed by atoms with Gasteiger partial charge in [0.15, 0.2) is 5.65 Å². The van der Waals surface area contributed by atoms with Crippen LogP contribution in [0.4, 0.5) is 0 Å². The molecule has 3 heteroatoms. The van der Waals surface area contributed by atoms with E-state index in [4.69, 9.17) is 0 Å². The average Bonchev–Trinajstić information content (AvgIpc) is 2.88. The van der Waals surface area contributed by atoms with E-state index in [2.05, 4.69) is 28.3 Å². The maximum Gasteiger partial charge on any atom is 0.160 e. The minimum atomic E-state index is 0.709. The molecule has 3 nitrogen and oxygen atoms in total. The second kappa shape index (κ2) is 2.88. The van der Waals surface area contributed by atoms with E-state index >= 15 is 0 Å². The fourth-order valence-corrected chi connectivity index (χ4v) is 2.89. The first-order valence-electron chi connectivity index (χ1n) is 5.85. The lowest BCUT2D eigenvalue weighted by Gasteiger charge is -2.21. The summed E-state index contributed by atoms with van der Waals surface area (Å²) in [4.78, 5) is 4.39. The van der Waals surface area contributed by atoms with Crippen LogP contribution in [0.1, 0.15) is 19.3 Å². The molecule has 0 bridgehead atoms. The van der Waals surface area contributed by atoms with Crippen LogP contribution >= 0.6 is 0 Å². The molecule has 16 heavy (non-hydrogen) atoms. The van der Waals surface area contributed by atoms with Crippen LogP contribution in [0.2, 0.25) is 0 Å². The average molecular weight is 211 g/mol. The van der Waals surface area contributed by atoms with Gasteiger partial charge in [-0.05, 0) is 30.8 Å². The lowest BCUT2D eigenvalue weighted by atomic mass is 9.84.